The molecule has 0 aromatic rings. The maximum Gasteiger partial charge on any atom is 0.213 e. The van der Waals surface area contributed by atoms with Crippen LogP contribution in [0.25, 0.3) is 0 Å². The number of hydrogen-bond donors (Lipinski definition) is 0. The Morgan fingerprint density at radius 1 is 1.17 bits per heavy atom. The van der Waals surface area contributed by atoms with E-state index >= 15 is 0 Å². The van der Waals surface area contributed by atoms with Crippen molar-refractivity contribution in [2.45, 2.75) is 26.0 Å². The largest absolute Gasteiger partial charge is 0.350 e. The summed E-state index contributed by atoms with van der Waals surface area (Å²) in [5, 5.41) is -0.295. The second-order valence-corrected chi connectivity index (χ2v) is 5.07. The van der Waals surface area contributed by atoms with Gasteiger partial charge in [-0.3, -0.25) is 4.79 Å². The number of carbonyl (C=O) groups excluding carboxylic acids is 1. The summed E-state index contributed by atoms with van der Waals surface area (Å²) in [6.07, 6.45) is 0. The van der Waals surface area contributed by atoms with E-state index in [1.54, 1.807) is 19.0 Å². The first-order valence-electron chi connectivity index (χ1n) is 4.32. The lowest BCUT2D eigenvalue weighted by Crippen LogP contribution is -2.43. The molecule has 1 amide bonds. The van der Waals surface area contributed by atoms with Gasteiger partial charge in [0.15, 0.2) is 0 Å². The van der Waals surface area contributed by atoms with Crippen molar-refractivity contribution in [3.05, 3.63) is 0 Å². The second kappa shape index (κ2) is 3.15. The van der Waals surface area contributed by atoms with E-state index in [9.17, 15) is 4.79 Å². The number of rotatable bonds is 1. The Bertz CT molecular complexity index is 182. The number of hydrogen-bond acceptors (Lipinski definition) is 1. The fourth-order valence-electron chi connectivity index (χ4n) is 0.880. The van der Waals surface area contributed by atoms with E-state index < -0.39 is 0 Å². The molecule has 2 nitrogen and oxygen atoms in total. The molecule has 0 aromatic carbocycles. The summed E-state index contributed by atoms with van der Waals surface area (Å²) in [6, 6.07) is 0. The molecule has 0 N–H and O–H groups in total. The molecule has 12 heavy (non-hydrogen) atoms. The van der Waals surface area contributed by atoms with E-state index in [0.29, 0.717) is 0 Å². The van der Waals surface area contributed by atoms with Gasteiger partial charge in [-0.25, -0.2) is 0 Å². The summed E-state index contributed by atoms with van der Waals surface area (Å²) in [5.41, 5.74) is 0.00829. The molecule has 0 fully saturated rings. The van der Waals surface area contributed by atoms with Crippen LogP contribution in [0.3, 0.4) is 0 Å². The highest BCUT2D eigenvalue weighted by atomic mass is 16.2. The van der Waals surface area contributed by atoms with Crippen molar-refractivity contribution < 1.29 is 4.79 Å². The molecule has 0 bridgehead atoms. The van der Waals surface area contributed by atoms with Crippen molar-refractivity contribution in [2.75, 3.05) is 14.1 Å². The summed E-state index contributed by atoms with van der Waals surface area (Å²) in [4.78, 5) is 13.4. The molecule has 0 radical (unpaired) electrons. The monoisotopic (exact) mass is 167 g/mol. The highest BCUT2D eigenvalue weighted by Gasteiger charge is 2.39. The first-order chi connectivity index (χ1) is 5.10. The van der Waals surface area contributed by atoms with E-state index in [-0.39, 0.29) is 16.5 Å². The Morgan fingerprint density at radius 3 is 1.58 bits per heavy atom. The molecule has 0 heterocycles. The molecule has 0 atom stereocenters. The molecule has 0 aliphatic carbocycles. The molecular weight excluding hydrogens is 148 g/mol. The molecule has 0 aromatic heterocycles. The van der Waals surface area contributed by atoms with Crippen LogP contribution < -0.4 is 0 Å². The minimum atomic E-state index is -0.295. The van der Waals surface area contributed by atoms with E-state index in [4.69, 9.17) is 0 Å². The third-order valence-electron chi connectivity index (χ3n) is 2.82. The predicted molar refractivity (Wildman–Crippen MR) is 57.9 cm³/mol. The van der Waals surface area contributed by atoms with E-state index in [1.165, 1.54) is 0 Å². The van der Waals surface area contributed by atoms with E-state index in [2.05, 4.69) is 20.8 Å². The Balaban J connectivity index is 4.74. The zero-order valence-corrected chi connectivity index (χ0v) is 9.36. The summed E-state index contributed by atoms with van der Waals surface area (Å²) in [6.45, 7) is 6.28. The number of carbonyl (C=O) groups is 1. The maximum atomic E-state index is 11.7. The van der Waals surface area contributed by atoms with E-state index in [0.717, 1.165) is 0 Å². The van der Waals surface area contributed by atoms with Gasteiger partial charge in [0.05, 0.1) is 0 Å². The van der Waals surface area contributed by atoms with E-state index in [1.807, 2.05) is 15.7 Å². The zero-order chi connectivity index (χ0) is 10.2. The molecular formula is C8H19B2NO. The van der Waals surface area contributed by atoms with Crippen molar-refractivity contribution in [3.8, 4) is 0 Å². The van der Waals surface area contributed by atoms with Gasteiger partial charge < -0.3 is 4.90 Å². The number of amides is 1. The fraction of sp³-hybridized carbons (Fsp3) is 0.875. The van der Waals surface area contributed by atoms with Crippen LogP contribution in [-0.4, -0.2) is 40.6 Å². The van der Waals surface area contributed by atoms with Gasteiger partial charge in [0.1, 0.15) is 15.7 Å². The Labute approximate surface area is 77.5 Å². The normalized spacial score (nSPS) is 12.8. The summed E-state index contributed by atoms with van der Waals surface area (Å²) >= 11 is 0. The molecule has 68 valence electrons. The molecule has 4 heteroatoms. The van der Waals surface area contributed by atoms with Crippen LogP contribution in [0.1, 0.15) is 20.8 Å². The standard InChI is InChI=1S/C8H19B2NO/c1-7(2,3)8(9,10)6(12)11(4)5/h9-10H2,1-5H3. The molecule has 0 saturated heterocycles. The van der Waals surface area contributed by atoms with Crippen molar-refractivity contribution in [3.63, 3.8) is 0 Å². The van der Waals surface area contributed by atoms with Crippen LogP contribution in [0.5, 0.6) is 0 Å². The van der Waals surface area contributed by atoms with Crippen LogP contribution >= 0.6 is 0 Å². The molecule has 0 aliphatic heterocycles. The quantitative estimate of drug-likeness (QED) is 0.482. The third-order valence-corrected chi connectivity index (χ3v) is 2.82. The first kappa shape index (κ1) is 11.6. The van der Waals surface area contributed by atoms with Crippen LogP contribution in [-0.2, 0) is 4.79 Å². The van der Waals surface area contributed by atoms with Crippen LogP contribution in [0, 0.1) is 5.41 Å². The Hall–Kier alpha value is -0.400. The second-order valence-electron chi connectivity index (χ2n) is 5.07. The lowest BCUT2D eigenvalue weighted by molar-refractivity contribution is -0.131. The Morgan fingerprint density at radius 2 is 1.50 bits per heavy atom. The summed E-state index contributed by atoms with van der Waals surface area (Å²) in [5.74, 6) is 0.190. The SMILES string of the molecule is BC(B)(C(=O)N(C)C)C(C)(C)C. The van der Waals surface area contributed by atoms with Crippen molar-refractivity contribution in [1.82, 2.24) is 4.90 Å². The lowest BCUT2D eigenvalue weighted by atomic mass is 9.43. The van der Waals surface area contributed by atoms with Crippen molar-refractivity contribution in [2.24, 2.45) is 5.41 Å². The topological polar surface area (TPSA) is 20.3 Å². The van der Waals surface area contributed by atoms with Crippen LogP contribution in [0.15, 0.2) is 0 Å². The highest BCUT2D eigenvalue weighted by Crippen LogP contribution is 2.40. The number of nitrogens with zero attached hydrogens (tertiary/aromatic N) is 1. The van der Waals surface area contributed by atoms with Gasteiger partial charge in [0.2, 0.25) is 5.91 Å². The molecule has 0 spiro atoms. The third kappa shape index (κ3) is 2.05. The van der Waals surface area contributed by atoms with Crippen molar-refractivity contribution in [1.29, 1.82) is 0 Å². The van der Waals surface area contributed by atoms with Gasteiger partial charge in [-0.1, -0.05) is 20.8 Å². The van der Waals surface area contributed by atoms with Crippen LogP contribution in [0.4, 0.5) is 0 Å². The minimum Gasteiger partial charge on any atom is -0.350 e. The zero-order valence-electron chi connectivity index (χ0n) is 9.36. The van der Waals surface area contributed by atoms with Gasteiger partial charge in [0, 0.05) is 14.1 Å². The average molecular weight is 167 g/mol. The average Bonchev–Trinajstić information content (AvgIpc) is 1.83. The van der Waals surface area contributed by atoms with Gasteiger partial charge in [0.25, 0.3) is 0 Å². The lowest BCUT2D eigenvalue weighted by Gasteiger charge is -2.39. The van der Waals surface area contributed by atoms with Crippen LogP contribution in [0.2, 0.25) is 5.21 Å². The molecule has 0 saturated carbocycles. The highest BCUT2D eigenvalue weighted by molar-refractivity contribution is 6.51. The van der Waals surface area contributed by atoms with Crippen molar-refractivity contribution >= 4 is 21.6 Å². The summed E-state index contributed by atoms with van der Waals surface area (Å²) < 4.78 is 0. The smallest absolute Gasteiger partial charge is 0.213 e. The van der Waals surface area contributed by atoms with Gasteiger partial charge in [-0.05, 0) is 10.6 Å². The molecule has 0 rings (SSSR count). The molecule has 0 aliphatic rings. The Kier molecular flexibility index (Phi) is 3.05. The van der Waals surface area contributed by atoms with Gasteiger partial charge in [-0.2, -0.15) is 0 Å². The van der Waals surface area contributed by atoms with Gasteiger partial charge in [-0.15, -0.1) is 0 Å². The predicted octanol–water partition coefficient (Wildman–Crippen LogP) is -0.497. The molecule has 0 unspecified atom stereocenters. The fourth-order valence-corrected chi connectivity index (χ4v) is 0.880. The first-order valence-corrected chi connectivity index (χ1v) is 4.32. The summed E-state index contributed by atoms with van der Waals surface area (Å²) in [7, 11) is 7.59. The minimum absolute atomic E-state index is 0.00829. The maximum absolute atomic E-state index is 11.7. The van der Waals surface area contributed by atoms with Gasteiger partial charge >= 0.3 is 0 Å².